The van der Waals surface area contributed by atoms with Crippen LogP contribution in [0, 0.1) is 0 Å². The van der Waals surface area contributed by atoms with Gasteiger partial charge in [-0.05, 0) is 26.2 Å². The monoisotopic (exact) mass is 358 g/mol. The Morgan fingerprint density at radius 1 is 1.08 bits per heavy atom. The number of hydrogen-bond acceptors (Lipinski definition) is 4. The molecule has 0 spiro atoms. The number of esters is 2. The first-order valence-corrected chi connectivity index (χ1v) is 8.58. The molecule has 0 saturated heterocycles. The van der Waals surface area contributed by atoms with Crippen LogP contribution in [0.4, 0.5) is 0 Å². The van der Waals surface area contributed by atoms with E-state index in [0.29, 0.717) is 29.9 Å². The molecule has 4 nitrogen and oxygen atoms in total. The molecule has 2 aromatic carbocycles. The zero-order chi connectivity index (χ0) is 18.1. The summed E-state index contributed by atoms with van der Waals surface area (Å²) in [5.74, 6) is 0.160. The van der Waals surface area contributed by atoms with Gasteiger partial charge in [0.2, 0.25) is 0 Å². The van der Waals surface area contributed by atoms with Gasteiger partial charge in [-0.15, -0.1) is 11.6 Å². The summed E-state index contributed by atoms with van der Waals surface area (Å²) in [4.78, 5) is 23.8. The first-order valence-electron chi connectivity index (χ1n) is 8.15. The summed E-state index contributed by atoms with van der Waals surface area (Å²) in [6.45, 7) is 6.63. The molecule has 0 amide bonds. The van der Waals surface area contributed by atoms with Crippen molar-refractivity contribution in [2.75, 3.05) is 0 Å². The molecule has 0 N–H and O–H groups in total. The fraction of sp³-hybridized carbons (Fsp3) is 0.300. The fourth-order valence-electron chi connectivity index (χ4n) is 3.14. The molecule has 3 rings (SSSR count). The minimum Gasteiger partial charge on any atom is -0.426 e. The van der Waals surface area contributed by atoms with Crippen LogP contribution in [0.5, 0.6) is 11.5 Å². The third kappa shape index (κ3) is 3.40. The van der Waals surface area contributed by atoms with E-state index < -0.39 is 5.97 Å². The van der Waals surface area contributed by atoms with E-state index in [-0.39, 0.29) is 11.3 Å². The van der Waals surface area contributed by atoms with E-state index in [1.807, 2.05) is 24.3 Å². The molecule has 0 bridgehead atoms. The highest BCUT2D eigenvalue weighted by atomic mass is 35.5. The first-order chi connectivity index (χ1) is 11.9. The van der Waals surface area contributed by atoms with Gasteiger partial charge in [0.1, 0.15) is 11.5 Å². The SMILES string of the molecule is C=C(C)C(=O)Oc1c2c(c(OC(C)=O)c3ccccc13)CCC(Cl)C2. The highest BCUT2D eigenvalue weighted by Gasteiger charge is 2.28. The van der Waals surface area contributed by atoms with Gasteiger partial charge >= 0.3 is 11.9 Å². The Kier molecular flexibility index (Phi) is 4.82. The van der Waals surface area contributed by atoms with Crippen LogP contribution >= 0.6 is 11.6 Å². The second-order valence-electron chi connectivity index (χ2n) is 6.26. The van der Waals surface area contributed by atoms with Gasteiger partial charge in [-0.1, -0.05) is 30.8 Å². The lowest BCUT2D eigenvalue weighted by Crippen LogP contribution is -2.19. The van der Waals surface area contributed by atoms with E-state index in [0.717, 1.165) is 28.3 Å². The molecule has 1 unspecified atom stereocenters. The summed E-state index contributed by atoms with van der Waals surface area (Å²) < 4.78 is 11.2. The van der Waals surface area contributed by atoms with Crippen LogP contribution in [0.1, 0.15) is 31.4 Å². The molecular weight excluding hydrogens is 340 g/mol. The van der Waals surface area contributed by atoms with E-state index in [1.54, 1.807) is 6.92 Å². The summed E-state index contributed by atoms with van der Waals surface area (Å²) in [6.07, 6.45) is 1.98. The Hall–Kier alpha value is -2.33. The van der Waals surface area contributed by atoms with Crippen LogP contribution in [0.15, 0.2) is 36.4 Å². The van der Waals surface area contributed by atoms with Crippen molar-refractivity contribution >= 4 is 34.3 Å². The van der Waals surface area contributed by atoms with Crippen LogP contribution in [0.25, 0.3) is 10.8 Å². The quantitative estimate of drug-likeness (QED) is 0.354. The number of carbonyl (C=O) groups excluding carboxylic acids is 2. The van der Waals surface area contributed by atoms with Crippen molar-refractivity contribution in [2.45, 2.75) is 38.5 Å². The summed E-state index contributed by atoms with van der Waals surface area (Å²) >= 11 is 6.36. The van der Waals surface area contributed by atoms with E-state index in [9.17, 15) is 9.59 Å². The molecule has 130 valence electrons. The number of carbonyl (C=O) groups is 2. The van der Waals surface area contributed by atoms with Crippen molar-refractivity contribution in [3.05, 3.63) is 47.5 Å². The minimum absolute atomic E-state index is 0.0545. The molecule has 0 radical (unpaired) electrons. The number of halogens is 1. The largest absolute Gasteiger partial charge is 0.426 e. The van der Waals surface area contributed by atoms with Crippen LogP contribution in [-0.2, 0) is 22.4 Å². The number of ether oxygens (including phenoxy) is 2. The van der Waals surface area contributed by atoms with E-state index in [2.05, 4.69) is 6.58 Å². The normalized spacial score (nSPS) is 16.2. The second-order valence-corrected chi connectivity index (χ2v) is 6.88. The highest BCUT2D eigenvalue weighted by molar-refractivity contribution is 6.21. The zero-order valence-electron chi connectivity index (χ0n) is 14.2. The average molecular weight is 359 g/mol. The van der Waals surface area contributed by atoms with Gasteiger partial charge in [0.05, 0.1) is 0 Å². The lowest BCUT2D eigenvalue weighted by atomic mass is 9.87. The number of hydrogen-bond donors (Lipinski definition) is 0. The van der Waals surface area contributed by atoms with Gasteiger partial charge in [0.15, 0.2) is 0 Å². The zero-order valence-corrected chi connectivity index (χ0v) is 15.0. The van der Waals surface area contributed by atoms with Crippen molar-refractivity contribution in [3.63, 3.8) is 0 Å². The third-order valence-electron chi connectivity index (χ3n) is 4.25. The molecule has 25 heavy (non-hydrogen) atoms. The summed E-state index contributed by atoms with van der Waals surface area (Å²) in [7, 11) is 0. The maximum Gasteiger partial charge on any atom is 0.338 e. The minimum atomic E-state index is -0.482. The summed E-state index contributed by atoms with van der Waals surface area (Å²) in [5.41, 5.74) is 2.03. The number of benzene rings is 2. The van der Waals surface area contributed by atoms with Gasteiger partial charge in [0.25, 0.3) is 0 Å². The topological polar surface area (TPSA) is 52.6 Å². The third-order valence-corrected chi connectivity index (χ3v) is 4.62. The van der Waals surface area contributed by atoms with Crippen molar-refractivity contribution < 1.29 is 19.1 Å². The standard InChI is InChI=1S/C20H19ClO4/c1-11(2)20(23)25-19-15-7-5-4-6-14(15)18(24-12(3)22)16-9-8-13(21)10-17(16)19/h4-7,13H,1,8-10H2,2-3H3. The van der Waals surface area contributed by atoms with E-state index in [4.69, 9.17) is 21.1 Å². The van der Waals surface area contributed by atoms with Gasteiger partial charge in [0, 0.05) is 39.8 Å². The fourth-order valence-corrected chi connectivity index (χ4v) is 3.40. The molecule has 5 heteroatoms. The molecule has 0 fully saturated rings. The molecule has 0 aromatic heterocycles. The molecule has 1 aliphatic rings. The molecule has 0 aliphatic heterocycles. The Morgan fingerprint density at radius 2 is 1.68 bits per heavy atom. The molecule has 0 heterocycles. The maximum absolute atomic E-state index is 12.1. The Labute approximate surface area is 151 Å². The van der Waals surface area contributed by atoms with Gasteiger partial charge in [-0.3, -0.25) is 4.79 Å². The number of alkyl halides is 1. The lowest BCUT2D eigenvalue weighted by Gasteiger charge is -2.26. The van der Waals surface area contributed by atoms with Crippen molar-refractivity contribution in [3.8, 4) is 11.5 Å². The van der Waals surface area contributed by atoms with E-state index >= 15 is 0 Å². The Bertz CT molecular complexity index is 885. The summed E-state index contributed by atoms with van der Waals surface area (Å²) in [6, 6.07) is 7.42. The van der Waals surface area contributed by atoms with Crippen LogP contribution in [0.3, 0.4) is 0 Å². The molecular formula is C20H19ClO4. The summed E-state index contributed by atoms with van der Waals surface area (Å²) in [5, 5.41) is 1.41. The predicted molar refractivity (Wildman–Crippen MR) is 97.4 cm³/mol. The predicted octanol–water partition coefficient (Wildman–Crippen LogP) is 4.34. The van der Waals surface area contributed by atoms with Crippen molar-refractivity contribution in [1.82, 2.24) is 0 Å². The second kappa shape index (κ2) is 6.89. The van der Waals surface area contributed by atoms with Gasteiger partial charge < -0.3 is 9.47 Å². The molecule has 1 aliphatic carbocycles. The molecule has 2 aromatic rings. The van der Waals surface area contributed by atoms with Gasteiger partial charge in [-0.2, -0.15) is 0 Å². The van der Waals surface area contributed by atoms with Crippen LogP contribution in [0.2, 0.25) is 0 Å². The Balaban J connectivity index is 2.30. The average Bonchev–Trinajstić information content (AvgIpc) is 2.57. The smallest absolute Gasteiger partial charge is 0.338 e. The molecule has 1 atom stereocenters. The van der Waals surface area contributed by atoms with E-state index in [1.165, 1.54) is 6.92 Å². The van der Waals surface area contributed by atoms with Crippen molar-refractivity contribution in [2.24, 2.45) is 0 Å². The number of fused-ring (bicyclic) bond motifs is 2. The van der Waals surface area contributed by atoms with Crippen molar-refractivity contribution in [1.29, 1.82) is 0 Å². The maximum atomic E-state index is 12.1. The van der Waals surface area contributed by atoms with Crippen LogP contribution in [-0.4, -0.2) is 17.3 Å². The lowest BCUT2D eigenvalue weighted by molar-refractivity contribution is -0.132. The highest BCUT2D eigenvalue weighted by Crippen LogP contribution is 2.45. The number of rotatable bonds is 3. The Morgan fingerprint density at radius 3 is 2.24 bits per heavy atom. The van der Waals surface area contributed by atoms with Gasteiger partial charge in [-0.25, -0.2) is 4.79 Å². The molecule has 0 saturated carbocycles. The first kappa shape index (κ1) is 17.5. The van der Waals surface area contributed by atoms with Crippen LogP contribution < -0.4 is 9.47 Å².